The van der Waals surface area contributed by atoms with Gasteiger partial charge in [-0.2, -0.15) is 0 Å². The van der Waals surface area contributed by atoms with Crippen molar-refractivity contribution in [2.75, 3.05) is 43.9 Å². The minimum atomic E-state index is 0.900. The molecule has 0 radical (unpaired) electrons. The van der Waals surface area contributed by atoms with Gasteiger partial charge in [0, 0.05) is 26.2 Å². The highest BCUT2D eigenvalue weighted by atomic mass is 15.2. The number of hydrogen-bond acceptors (Lipinski definition) is 5. The van der Waals surface area contributed by atoms with E-state index in [-0.39, 0.29) is 0 Å². The molecule has 0 saturated heterocycles. The van der Waals surface area contributed by atoms with Crippen LogP contribution < -0.4 is 15.5 Å². The van der Waals surface area contributed by atoms with Gasteiger partial charge in [0.1, 0.15) is 18.0 Å². The molecule has 1 rings (SSSR count). The van der Waals surface area contributed by atoms with Gasteiger partial charge in [-0.3, -0.25) is 0 Å². The topological polar surface area (TPSA) is 53.1 Å². The first-order chi connectivity index (χ1) is 8.27. The van der Waals surface area contributed by atoms with Gasteiger partial charge in [0.05, 0.1) is 0 Å². The highest BCUT2D eigenvalue weighted by Crippen LogP contribution is 2.12. The number of nitrogens with zero attached hydrogens (tertiary/aromatic N) is 3. The summed E-state index contributed by atoms with van der Waals surface area (Å²) in [6, 6.07) is 2.00. The molecule has 0 aromatic carbocycles. The molecule has 2 N–H and O–H groups in total. The van der Waals surface area contributed by atoms with Crippen LogP contribution in [0.2, 0.25) is 0 Å². The zero-order chi connectivity index (χ0) is 12.5. The zero-order valence-corrected chi connectivity index (χ0v) is 11.0. The average Bonchev–Trinajstić information content (AvgIpc) is 2.37. The summed E-state index contributed by atoms with van der Waals surface area (Å²) in [7, 11) is 4.03. The van der Waals surface area contributed by atoms with Crippen LogP contribution in [0, 0.1) is 0 Å². The molecule has 1 aromatic heterocycles. The van der Waals surface area contributed by atoms with Gasteiger partial charge in [-0.1, -0.05) is 6.92 Å². The standard InChI is InChI=1S/C12H23N5/c1-4-6-14-11-9-12(16-10-15-11)17(3)8-5-7-13-2/h9-10,13H,4-8H2,1-3H3,(H,14,15,16). The smallest absolute Gasteiger partial charge is 0.133 e. The van der Waals surface area contributed by atoms with Crippen LogP contribution in [-0.2, 0) is 0 Å². The molecule has 0 saturated carbocycles. The Morgan fingerprint density at radius 3 is 2.82 bits per heavy atom. The third-order valence-electron chi connectivity index (χ3n) is 2.52. The van der Waals surface area contributed by atoms with E-state index in [1.807, 2.05) is 13.1 Å². The Bertz CT molecular complexity index is 316. The number of aromatic nitrogens is 2. The first kappa shape index (κ1) is 13.7. The van der Waals surface area contributed by atoms with Gasteiger partial charge in [0.15, 0.2) is 0 Å². The van der Waals surface area contributed by atoms with E-state index in [4.69, 9.17) is 0 Å². The van der Waals surface area contributed by atoms with E-state index in [2.05, 4.69) is 39.5 Å². The molecule has 0 atom stereocenters. The van der Waals surface area contributed by atoms with Gasteiger partial charge >= 0.3 is 0 Å². The van der Waals surface area contributed by atoms with Crippen molar-refractivity contribution in [3.05, 3.63) is 12.4 Å². The van der Waals surface area contributed by atoms with Crippen LogP contribution in [0.4, 0.5) is 11.6 Å². The van der Waals surface area contributed by atoms with Crippen LogP contribution in [0.1, 0.15) is 19.8 Å². The van der Waals surface area contributed by atoms with Gasteiger partial charge in [0.2, 0.25) is 0 Å². The van der Waals surface area contributed by atoms with E-state index in [1.54, 1.807) is 6.33 Å². The van der Waals surface area contributed by atoms with E-state index >= 15 is 0 Å². The molecule has 96 valence electrons. The second-order valence-electron chi connectivity index (χ2n) is 4.07. The first-order valence-electron chi connectivity index (χ1n) is 6.19. The fourth-order valence-electron chi connectivity index (χ4n) is 1.51. The molecular formula is C12H23N5. The quantitative estimate of drug-likeness (QED) is 0.668. The predicted molar refractivity (Wildman–Crippen MR) is 72.6 cm³/mol. The lowest BCUT2D eigenvalue weighted by atomic mass is 10.3. The highest BCUT2D eigenvalue weighted by Gasteiger charge is 2.03. The van der Waals surface area contributed by atoms with Gasteiger partial charge in [-0.15, -0.1) is 0 Å². The summed E-state index contributed by atoms with van der Waals surface area (Å²) < 4.78 is 0. The van der Waals surface area contributed by atoms with Crippen molar-refractivity contribution in [2.45, 2.75) is 19.8 Å². The fraction of sp³-hybridized carbons (Fsp3) is 0.667. The van der Waals surface area contributed by atoms with Crippen LogP contribution in [-0.4, -0.2) is 43.7 Å². The fourth-order valence-corrected chi connectivity index (χ4v) is 1.51. The monoisotopic (exact) mass is 237 g/mol. The number of nitrogens with one attached hydrogen (secondary N) is 2. The maximum atomic E-state index is 4.28. The summed E-state index contributed by atoms with van der Waals surface area (Å²) in [4.78, 5) is 10.6. The molecule has 0 amide bonds. The van der Waals surface area contributed by atoms with Crippen molar-refractivity contribution in [2.24, 2.45) is 0 Å². The normalized spacial score (nSPS) is 10.3. The SMILES string of the molecule is CCCNc1cc(N(C)CCCNC)ncn1. The minimum absolute atomic E-state index is 0.900. The highest BCUT2D eigenvalue weighted by molar-refractivity contribution is 5.47. The molecule has 5 heteroatoms. The van der Waals surface area contributed by atoms with Crippen LogP contribution in [0.25, 0.3) is 0 Å². The molecule has 1 heterocycles. The minimum Gasteiger partial charge on any atom is -0.370 e. The number of hydrogen-bond donors (Lipinski definition) is 2. The summed E-state index contributed by atoms with van der Waals surface area (Å²) in [6.07, 6.45) is 3.81. The maximum absolute atomic E-state index is 4.28. The molecule has 0 aliphatic carbocycles. The Kier molecular flexibility index (Phi) is 6.32. The molecule has 17 heavy (non-hydrogen) atoms. The second-order valence-corrected chi connectivity index (χ2v) is 4.07. The molecule has 0 unspecified atom stereocenters. The average molecular weight is 237 g/mol. The third kappa shape index (κ3) is 4.99. The van der Waals surface area contributed by atoms with Gasteiger partial charge < -0.3 is 15.5 Å². The molecule has 0 fully saturated rings. The lowest BCUT2D eigenvalue weighted by Crippen LogP contribution is -2.23. The van der Waals surface area contributed by atoms with E-state index < -0.39 is 0 Å². The number of rotatable bonds is 8. The molecule has 0 aliphatic rings. The van der Waals surface area contributed by atoms with E-state index in [9.17, 15) is 0 Å². The van der Waals surface area contributed by atoms with Gasteiger partial charge in [-0.05, 0) is 26.4 Å². The summed E-state index contributed by atoms with van der Waals surface area (Å²) in [5.41, 5.74) is 0. The van der Waals surface area contributed by atoms with Crippen LogP contribution in [0.5, 0.6) is 0 Å². The van der Waals surface area contributed by atoms with Crippen molar-refractivity contribution in [1.29, 1.82) is 0 Å². The molecule has 0 aliphatic heterocycles. The maximum Gasteiger partial charge on any atom is 0.133 e. The first-order valence-corrected chi connectivity index (χ1v) is 6.19. The molecule has 0 spiro atoms. The summed E-state index contributed by atoms with van der Waals surface area (Å²) in [5.74, 6) is 1.87. The zero-order valence-electron chi connectivity index (χ0n) is 11.0. The molecular weight excluding hydrogens is 214 g/mol. The van der Waals surface area contributed by atoms with Crippen molar-refractivity contribution in [3.8, 4) is 0 Å². The van der Waals surface area contributed by atoms with Crippen LogP contribution >= 0.6 is 0 Å². The largest absolute Gasteiger partial charge is 0.370 e. The van der Waals surface area contributed by atoms with Gasteiger partial charge in [-0.25, -0.2) is 9.97 Å². The summed E-state index contributed by atoms with van der Waals surface area (Å²) >= 11 is 0. The second kappa shape index (κ2) is 7.84. The van der Waals surface area contributed by atoms with Crippen LogP contribution in [0.15, 0.2) is 12.4 Å². The van der Waals surface area contributed by atoms with Crippen molar-refractivity contribution < 1.29 is 0 Å². The van der Waals surface area contributed by atoms with Gasteiger partial charge in [0.25, 0.3) is 0 Å². The lowest BCUT2D eigenvalue weighted by Gasteiger charge is -2.18. The van der Waals surface area contributed by atoms with E-state index in [0.717, 1.165) is 44.1 Å². The predicted octanol–water partition coefficient (Wildman–Crippen LogP) is 1.34. The van der Waals surface area contributed by atoms with Crippen LogP contribution in [0.3, 0.4) is 0 Å². The summed E-state index contributed by atoms with van der Waals surface area (Å²) in [5, 5.41) is 6.41. The molecule has 1 aromatic rings. The Labute approximate surface area is 104 Å². The summed E-state index contributed by atoms with van der Waals surface area (Å²) in [6.45, 7) is 5.10. The molecule has 0 bridgehead atoms. The van der Waals surface area contributed by atoms with Crippen molar-refractivity contribution >= 4 is 11.6 Å². The Hall–Kier alpha value is -1.36. The third-order valence-corrected chi connectivity index (χ3v) is 2.52. The Morgan fingerprint density at radius 2 is 2.12 bits per heavy atom. The Morgan fingerprint density at radius 1 is 1.29 bits per heavy atom. The molecule has 5 nitrogen and oxygen atoms in total. The van der Waals surface area contributed by atoms with E-state index in [0.29, 0.717) is 0 Å². The van der Waals surface area contributed by atoms with E-state index in [1.165, 1.54) is 0 Å². The van der Waals surface area contributed by atoms with Crippen molar-refractivity contribution in [1.82, 2.24) is 15.3 Å². The van der Waals surface area contributed by atoms with Crippen molar-refractivity contribution in [3.63, 3.8) is 0 Å². The lowest BCUT2D eigenvalue weighted by molar-refractivity contribution is 0.708. The Balaban J connectivity index is 2.51. The number of anilines is 2.